The first kappa shape index (κ1) is 23.0. The number of sulfonamides is 1. The molecule has 7 nitrogen and oxygen atoms in total. The number of rotatable bonds is 9. The average Bonchev–Trinajstić information content (AvgIpc) is 3.08. The van der Waals surface area contributed by atoms with Crippen molar-refractivity contribution in [1.29, 1.82) is 0 Å². The molecule has 2 N–H and O–H groups in total. The Morgan fingerprint density at radius 2 is 1.81 bits per heavy atom. The zero-order valence-corrected chi connectivity index (χ0v) is 18.6. The van der Waals surface area contributed by atoms with Crippen LogP contribution < -0.4 is 10.0 Å². The number of aromatic nitrogens is 1. The van der Waals surface area contributed by atoms with E-state index in [0.29, 0.717) is 17.1 Å². The highest BCUT2D eigenvalue weighted by Gasteiger charge is 2.16. The largest absolute Gasteiger partial charge is 0.383 e. The van der Waals surface area contributed by atoms with Crippen LogP contribution in [0.3, 0.4) is 0 Å². The van der Waals surface area contributed by atoms with Gasteiger partial charge in [0, 0.05) is 30.5 Å². The number of amides is 1. The predicted octanol–water partition coefficient (Wildman–Crippen LogP) is 3.36. The summed E-state index contributed by atoms with van der Waals surface area (Å²) < 4.78 is 44.7. The molecule has 1 aromatic heterocycles. The Morgan fingerprint density at radius 3 is 2.45 bits per heavy atom. The lowest BCUT2D eigenvalue weighted by molar-refractivity contribution is 0.102. The molecule has 2 aromatic carbocycles. The third kappa shape index (κ3) is 6.17. The average molecular weight is 464 g/mol. The number of halogens is 1. The molecule has 10 heteroatoms. The van der Waals surface area contributed by atoms with Gasteiger partial charge in [0.2, 0.25) is 10.0 Å². The van der Waals surface area contributed by atoms with Crippen LogP contribution >= 0.6 is 11.3 Å². The second-order valence-electron chi connectivity index (χ2n) is 6.70. The van der Waals surface area contributed by atoms with Crippen molar-refractivity contribution in [3.8, 4) is 0 Å². The van der Waals surface area contributed by atoms with Crippen molar-refractivity contribution in [1.82, 2.24) is 9.71 Å². The molecule has 0 radical (unpaired) electrons. The molecule has 1 amide bonds. The number of anilines is 1. The van der Waals surface area contributed by atoms with Gasteiger partial charge in [-0.1, -0.05) is 12.1 Å². The molecular formula is C21H22FN3O4S2. The first-order chi connectivity index (χ1) is 14.8. The van der Waals surface area contributed by atoms with Crippen molar-refractivity contribution in [2.45, 2.75) is 18.2 Å². The number of benzene rings is 2. The smallest absolute Gasteiger partial charge is 0.257 e. The first-order valence-electron chi connectivity index (χ1n) is 9.39. The standard InChI is InChI=1S/C21H22FN3O4S2/c1-14-19(13-15-3-7-17(22)8-4-15)30-21(24-14)25-20(26)16-5-9-18(10-6-16)31(27,28)23-11-12-29-2/h3-10,23H,11-13H2,1-2H3,(H,24,25,26). The Bertz CT molecular complexity index is 1140. The fourth-order valence-electron chi connectivity index (χ4n) is 2.75. The van der Waals surface area contributed by atoms with Crippen LogP contribution in [0.2, 0.25) is 0 Å². The highest BCUT2D eigenvalue weighted by atomic mass is 32.2. The van der Waals surface area contributed by atoms with E-state index in [4.69, 9.17) is 4.74 Å². The highest BCUT2D eigenvalue weighted by molar-refractivity contribution is 7.89. The van der Waals surface area contributed by atoms with Gasteiger partial charge >= 0.3 is 0 Å². The Kier molecular flexibility index (Phi) is 7.50. The summed E-state index contributed by atoms with van der Waals surface area (Å²) in [7, 11) is -2.18. The van der Waals surface area contributed by atoms with Crippen molar-refractivity contribution in [2.24, 2.45) is 0 Å². The van der Waals surface area contributed by atoms with E-state index in [1.165, 1.54) is 54.8 Å². The van der Waals surface area contributed by atoms with Gasteiger partial charge in [-0.25, -0.2) is 22.5 Å². The molecule has 0 aliphatic heterocycles. The number of nitrogens with zero attached hydrogens (tertiary/aromatic N) is 1. The van der Waals surface area contributed by atoms with Crippen LogP contribution in [0.25, 0.3) is 0 Å². The monoisotopic (exact) mass is 463 g/mol. The maximum absolute atomic E-state index is 13.1. The third-order valence-electron chi connectivity index (χ3n) is 4.42. The molecule has 3 rings (SSSR count). The normalized spacial score (nSPS) is 11.5. The van der Waals surface area contributed by atoms with Crippen LogP contribution in [0.4, 0.5) is 9.52 Å². The zero-order valence-electron chi connectivity index (χ0n) is 17.0. The number of ether oxygens (including phenoxy) is 1. The van der Waals surface area contributed by atoms with Gasteiger partial charge in [0.05, 0.1) is 17.2 Å². The Labute approximate surface area is 184 Å². The van der Waals surface area contributed by atoms with Gasteiger partial charge in [0.1, 0.15) is 5.82 Å². The summed E-state index contributed by atoms with van der Waals surface area (Å²) in [5.74, 6) is -0.680. The maximum atomic E-state index is 13.1. The summed E-state index contributed by atoms with van der Waals surface area (Å²) in [6.07, 6.45) is 0.586. The molecule has 0 fully saturated rings. The molecule has 0 aliphatic rings. The van der Waals surface area contributed by atoms with E-state index in [9.17, 15) is 17.6 Å². The lowest BCUT2D eigenvalue weighted by atomic mass is 10.1. The van der Waals surface area contributed by atoms with Crippen molar-refractivity contribution in [3.05, 3.63) is 76.0 Å². The predicted molar refractivity (Wildman–Crippen MR) is 118 cm³/mol. The fourth-order valence-corrected chi connectivity index (χ4v) is 4.75. The van der Waals surface area contributed by atoms with Gasteiger partial charge in [0.15, 0.2) is 5.13 Å². The van der Waals surface area contributed by atoms with Crippen molar-refractivity contribution in [3.63, 3.8) is 0 Å². The van der Waals surface area contributed by atoms with Crippen LogP contribution in [0, 0.1) is 12.7 Å². The van der Waals surface area contributed by atoms with Gasteiger partial charge in [-0.3, -0.25) is 10.1 Å². The zero-order chi connectivity index (χ0) is 22.4. The van der Waals surface area contributed by atoms with Gasteiger partial charge < -0.3 is 4.74 Å². The fraction of sp³-hybridized carbons (Fsp3) is 0.238. The van der Waals surface area contributed by atoms with E-state index in [-0.39, 0.29) is 23.9 Å². The highest BCUT2D eigenvalue weighted by Crippen LogP contribution is 2.26. The number of nitrogens with one attached hydrogen (secondary N) is 2. The van der Waals surface area contributed by atoms with Crippen molar-refractivity contribution in [2.75, 3.05) is 25.6 Å². The minimum atomic E-state index is -3.66. The molecule has 3 aromatic rings. The summed E-state index contributed by atoms with van der Waals surface area (Å²) in [5, 5.41) is 3.18. The number of hydrogen-bond acceptors (Lipinski definition) is 6. The third-order valence-corrected chi connectivity index (χ3v) is 6.97. The number of hydrogen-bond donors (Lipinski definition) is 2. The summed E-state index contributed by atoms with van der Waals surface area (Å²) in [6.45, 7) is 2.27. The molecule has 31 heavy (non-hydrogen) atoms. The van der Waals surface area contributed by atoms with E-state index in [1.54, 1.807) is 12.1 Å². The number of carbonyl (C=O) groups is 1. The van der Waals surface area contributed by atoms with Crippen LogP contribution in [0.1, 0.15) is 26.5 Å². The second kappa shape index (κ2) is 10.1. The number of aryl methyl sites for hydroxylation is 1. The number of thiazole rings is 1. The van der Waals surface area contributed by atoms with Crippen LogP contribution in [-0.2, 0) is 21.2 Å². The number of methoxy groups -OCH3 is 1. The summed E-state index contributed by atoms with van der Waals surface area (Å²) in [5.41, 5.74) is 2.04. The lowest BCUT2D eigenvalue weighted by Gasteiger charge is -2.07. The molecule has 164 valence electrons. The van der Waals surface area contributed by atoms with Crippen molar-refractivity contribution < 1.29 is 22.3 Å². The van der Waals surface area contributed by atoms with Gasteiger partial charge in [-0.05, 0) is 48.9 Å². The molecule has 0 atom stereocenters. The molecule has 0 spiro atoms. The summed E-state index contributed by atoms with van der Waals surface area (Å²) in [6, 6.07) is 11.9. The van der Waals surface area contributed by atoms with Gasteiger partial charge in [-0.2, -0.15) is 0 Å². The summed E-state index contributed by atoms with van der Waals surface area (Å²) >= 11 is 1.35. The van der Waals surface area contributed by atoms with Gasteiger partial charge in [-0.15, -0.1) is 11.3 Å². The first-order valence-corrected chi connectivity index (χ1v) is 11.7. The molecule has 0 saturated heterocycles. The number of carbonyl (C=O) groups excluding carboxylic acids is 1. The van der Waals surface area contributed by atoms with E-state index in [2.05, 4.69) is 15.0 Å². The molecule has 0 bridgehead atoms. The van der Waals surface area contributed by atoms with E-state index in [0.717, 1.165) is 16.1 Å². The van der Waals surface area contributed by atoms with Crippen molar-refractivity contribution >= 4 is 32.4 Å². The molecule has 0 unspecified atom stereocenters. The lowest BCUT2D eigenvalue weighted by Crippen LogP contribution is -2.27. The van der Waals surface area contributed by atoms with Crippen LogP contribution in [-0.4, -0.2) is 39.6 Å². The quantitative estimate of drug-likeness (QED) is 0.474. The van der Waals surface area contributed by atoms with E-state index < -0.39 is 15.9 Å². The minimum absolute atomic E-state index is 0.0619. The minimum Gasteiger partial charge on any atom is -0.383 e. The summed E-state index contributed by atoms with van der Waals surface area (Å²) in [4.78, 5) is 17.9. The Morgan fingerprint density at radius 1 is 1.13 bits per heavy atom. The Hall–Kier alpha value is -2.66. The van der Waals surface area contributed by atoms with Crippen LogP contribution in [0.15, 0.2) is 53.4 Å². The van der Waals surface area contributed by atoms with Crippen LogP contribution in [0.5, 0.6) is 0 Å². The van der Waals surface area contributed by atoms with E-state index in [1.807, 2.05) is 6.92 Å². The van der Waals surface area contributed by atoms with E-state index >= 15 is 0 Å². The topological polar surface area (TPSA) is 97.4 Å². The van der Waals surface area contributed by atoms with Gasteiger partial charge in [0.25, 0.3) is 5.91 Å². The molecule has 1 heterocycles. The second-order valence-corrected chi connectivity index (χ2v) is 9.55. The molecular weight excluding hydrogens is 441 g/mol. The molecule has 0 saturated carbocycles. The Balaban J connectivity index is 1.65. The molecule has 0 aliphatic carbocycles. The maximum Gasteiger partial charge on any atom is 0.257 e. The SMILES string of the molecule is COCCNS(=O)(=O)c1ccc(C(=O)Nc2nc(C)c(Cc3ccc(F)cc3)s2)cc1.